The third-order valence-electron chi connectivity index (χ3n) is 4.64. The van der Waals surface area contributed by atoms with Crippen LogP contribution in [0.15, 0.2) is 41.8 Å². The van der Waals surface area contributed by atoms with Gasteiger partial charge in [0.1, 0.15) is 12.4 Å². The minimum Gasteiger partial charge on any atom is -0.341 e. The van der Waals surface area contributed by atoms with Crippen LogP contribution in [0.3, 0.4) is 0 Å². The number of hydrogen-bond donors (Lipinski definition) is 0. The lowest BCUT2D eigenvalue weighted by Gasteiger charge is -2.27. The van der Waals surface area contributed by atoms with E-state index in [-0.39, 0.29) is 11.7 Å². The average molecular weight is 342 g/mol. The zero-order chi connectivity index (χ0) is 16.5. The highest BCUT2D eigenvalue weighted by Gasteiger charge is 2.20. The standard InChI is InChI=1S/C19H19FN2OS/c20-15-6-7-16-14(11-15)12-17(18-5-4-10-24-18)22(16)13-19(23)21-8-2-1-3-9-21/h4-7,10-12H,1-3,8-9,13H2. The Kier molecular flexibility index (Phi) is 4.10. The monoisotopic (exact) mass is 342 g/mol. The van der Waals surface area contributed by atoms with Gasteiger partial charge in [0.15, 0.2) is 0 Å². The molecule has 4 rings (SSSR count). The van der Waals surface area contributed by atoms with Crippen LogP contribution in [0.5, 0.6) is 0 Å². The first-order chi connectivity index (χ1) is 11.7. The molecule has 0 radical (unpaired) electrons. The maximum absolute atomic E-state index is 13.6. The highest BCUT2D eigenvalue weighted by atomic mass is 32.1. The molecule has 1 amide bonds. The van der Waals surface area contributed by atoms with Gasteiger partial charge in [0.2, 0.25) is 5.91 Å². The van der Waals surface area contributed by atoms with E-state index in [0.717, 1.165) is 47.4 Å². The van der Waals surface area contributed by atoms with Crippen molar-refractivity contribution in [3.05, 3.63) is 47.6 Å². The number of carbonyl (C=O) groups excluding carboxylic acids is 1. The van der Waals surface area contributed by atoms with Crippen molar-refractivity contribution in [1.29, 1.82) is 0 Å². The van der Waals surface area contributed by atoms with Gasteiger partial charge in [0.05, 0.1) is 10.6 Å². The van der Waals surface area contributed by atoms with Gasteiger partial charge in [-0.05, 0) is 55.0 Å². The predicted octanol–water partition coefficient (Wildman–Crippen LogP) is 4.52. The van der Waals surface area contributed by atoms with Crippen LogP contribution in [-0.4, -0.2) is 28.5 Å². The fraction of sp³-hybridized carbons (Fsp3) is 0.316. The summed E-state index contributed by atoms with van der Waals surface area (Å²) in [6.07, 6.45) is 3.37. The molecule has 124 valence electrons. The summed E-state index contributed by atoms with van der Waals surface area (Å²) in [7, 11) is 0. The smallest absolute Gasteiger partial charge is 0.242 e. The van der Waals surface area contributed by atoms with Crippen molar-refractivity contribution in [2.75, 3.05) is 13.1 Å². The molecule has 3 aromatic rings. The van der Waals surface area contributed by atoms with E-state index >= 15 is 0 Å². The summed E-state index contributed by atoms with van der Waals surface area (Å²) in [5.74, 6) is -0.103. The second kappa shape index (κ2) is 6.40. The van der Waals surface area contributed by atoms with Gasteiger partial charge in [-0.3, -0.25) is 4.79 Å². The molecule has 3 nitrogen and oxygen atoms in total. The lowest BCUT2D eigenvalue weighted by molar-refractivity contribution is -0.132. The van der Waals surface area contributed by atoms with Crippen LogP contribution in [0.2, 0.25) is 0 Å². The van der Waals surface area contributed by atoms with Crippen molar-refractivity contribution in [3.63, 3.8) is 0 Å². The molecular weight excluding hydrogens is 323 g/mol. The van der Waals surface area contributed by atoms with Crippen molar-refractivity contribution in [3.8, 4) is 10.6 Å². The Labute approximate surface area is 144 Å². The van der Waals surface area contributed by atoms with Crippen molar-refractivity contribution >= 4 is 28.1 Å². The van der Waals surface area contributed by atoms with Gasteiger partial charge >= 0.3 is 0 Å². The normalized spacial score (nSPS) is 15.1. The molecule has 0 bridgehead atoms. The second-order valence-corrected chi connectivity index (χ2v) is 7.19. The van der Waals surface area contributed by atoms with Gasteiger partial charge in [-0.25, -0.2) is 4.39 Å². The summed E-state index contributed by atoms with van der Waals surface area (Å²) in [6.45, 7) is 2.00. The third kappa shape index (κ3) is 2.84. The van der Waals surface area contributed by atoms with E-state index in [4.69, 9.17) is 0 Å². The van der Waals surface area contributed by atoms with E-state index in [1.165, 1.54) is 18.6 Å². The Hall–Kier alpha value is -2.14. The maximum atomic E-state index is 13.6. The van der Waals surface area contributed by atoms with Gasteiger partial charge < -0.3 is 9.47 Å². The summed E-state index contributed by atoms with van der Waals surface area (Å²) in [5, 5.41) is 2.86. The molecule has 2 aromatic heterocycles. The predicted molar refractivity (Wildman–Crippen MR) is 95.6 cm³/mol. The molecular formula is C19H19FN2OS. The molecule has 1 fully saturated rings. The molecule has 1 saturated heterocycles. The fourth-order valence-corrected chi connectivity index (χ4v) is 4.17. The molecule has 0 atom stereocenters. The van der Waals surface area contributed by atoms with Crippen molar-refractivity contribution in [1.82, 2.24) is 9.47 Å². The average Bonchev–Trinajstić information content (AvgIpc) is 3.23. The summed E-state index contributed by atoms with van der Waals surface area (Å²) in [6, 6.07) is 10.8. The molecule has 0 unspecified atom stereocenters. The summed E-state index contributed by atoms with van der Waals surface area (Å²) < 4.78 is 15.6. The Bertz CT molecular complexity index is 863. The number of carbonyl (C=O) groups is 1. The van der Waals surface area contributed by atoms with E-state index in [0.29, 0.717) is 6.54 Å². The van der Waals surface area contributed by atoms with Crippen LogP contribution < -0.4 is 0 Å². The topological polar surface area (TPSA) is 25.2 Å². The van der Waals surface area contributed by atoms with Gasteiger partial charge in [-0.2, -0.15) is 0 Å². The SMILES string of the molecule is O=C(Cn1c(-c2cccs2)cc2cc(F)ccc21)N1CCCCC1. The van der Waals surface area contributed by atoms with Crippen LogP contribution in [-0.2, 0) is 11.3 Å². The maximum Gasteiger partial charge on any atom is 0.242 e. The number of aromatic nitrogens is 1. The highest BCUT2D eigenvalue weighted by molar-refractivity contribution is 7.13. The van der Waals surface area contributed by atoms with Gasteiger partial charge in [0, 0.05) is 24.0 Å². The molecule has 1 aromatic carbocycles. The Morgan fingerprint density at radius 1 is 1.12 bits per heavy atom. The van der Waals surface area contributed by atoms with E-state index in [1.54, 1.807) is 17.4 Å². The van der Waals surface area contributed by atoms with Gasteiger partial charge in [0.25, 0.3) is 0 Å². The van der Waals surface area contributed by atoms with E-state index in [1.807, 2.05) is 33.0 Å². The lowest BCUT2D eigenvalue weighted by Crippen LogP contribution is -2.37. The first-order valence-electron chi connectivity index (χ1n) is 8.33. The van der Waals surface area contributed by atoms with Gasteiger partial charge in [-0.15, -0.1) is 11.3 Å². The van der Waals surface area contributed by atoms with Crippen LogP contribution >= 0.6 is 11.3 Å². The number of fused-ring (bicyclic) bond motifs is 1. The van der Waals surface area contributed by atoms with E-state index in [9.17, 15) is 9.18 Å². The van der Waals surface area contributed by atoms with Crippen LogP contribution in [0.4, 0.5) is 4.39 Å². The van der Waals surface area contributed by atoms with E-state index < -0.39 is 0 Å². The minimum absolute atomic E-state index is 0.148. The molecule has 3 heterocycles. The lowest BCUT2D eigenvalue weighted by atomic mass is 10.1. The molecule has 0 spiro atoms. The van der Waals surface area contributed by atoms with Crippen molar-refractivity contribution < 1.29 is 9.18 Å². The quantitative estimate of drug-likeness (QED) is 0.687. The second-order valence-electron chi connectivity index (χ2n) is 6.24. The van der Waals surface area contributed by atoms with Crippen molar-refractivity contribution in [2.24, 2.45) is 0 Å². The van der Waals surface area contributed by atoms with Crippen molar-refractivity contribution in [2.45, 2.75) is 25.8 Å². The summed E-state index contributed by atoms with van der Waals surface area (Å²) >= 11 is 1.63. The first-order valence-corrected chi connectivity index (χ1v) is 9.21. The number of rotatable bonds is 3. The Morgan fingerprint density at radius 2 is 1.96 bits per heavy atom. The number of amides is 1. The van der Waals surface area contributed by atoms with Crippen LogP contribution in [0.1, 0.15) is 19.3 Å². The summed E-state index contributed by atoms with van der Waals surface area (Å²) in [5.41, 5.74) is 1.89. The molecule has 1 aliphatic heterocycles. The molecule has 0 saturated carbocycles. The number of piperidine rings is 1. The number of likely N-dealkylation sites (tertiary alicyclic amines) is 1. The fourth-order valence-electron chi connectivity index (χ4n) is 3.42. The Morgan fingerprint density at radius 3 is 2.71 bits per heavy atom. The number of halogens is 1. The molecule has 1 aliphatic rings. The summed E-state index contributed by atoms with van der Waals surface area (Å²) in [4.78, 5) is 15.8. The van der Waals surface area contributed by atoms with Crippen LogP contribution in [0, 0.1) is 5.82 Å². The van der Waals surface area contributed by atoms with Gasteiger partial charge in [-0.1, -0.05) is 6.07 Å². The largest absolute Gasteiger partial charge is 0.341 e. The minimum atomic E-state index is -0.250. The van der Waals surface area contributed by atoms with Crippen LogP contribution in [0.25, 0.3) is 21.5 Å². The highest BCUT2D eigenvalue weighted by Crippen LogP contribution is 2.31. The number of thiophene rings is 1. The molecule has 5 heteroatoms. The molecule has 24 heavy (non-hydrogen) atoms. The number of nitrogens with zero attached hydrogens (tertiary/aromatic N) is 2. The molecule has 0 N–H and O–H groups in total. The molecule has 0 aliphatic carbocycles. The first kappa shape index (κ1) is 15.4. The third-order valence-corrected chi connectivity index (χ3v) is 5.53. The Balaban J connectivity index is 1.74. The van der Waals surface area contributed by atoms with E-state index in [2.05, 4.69) is 0 Å². The number of benzene rings is 1. The number of hydrogen-bond acceptors (Lipinski definition) is 2. The zero-order valence-electron chi connectivity index (χ0n) is 13.4. The zero-order valence-corrected chi connectivity index (χ0v) is 14.2.